The molecule has 0 unspecified atom stereocenters. The predicted molar refractivity (Wildman–Crippen MR) is 80.1 cm³/mol. The van der Waals surface area contributed by atoms with Crippen LogP contribution in [0.3, 0.4) is 0 Å². The van der Waals surface area contributed by atoms with E-state index in [0.29, 0.717) is 10.9 Å². The third-order valence-electron chi connectivity index (χ3n) is 3.06. The highest BCUT2D eigenvalue weighted by molar-refractivity contribution is 9.10. The third kappa shape index (κ3) is 3.51. The van der Waals surface area contributed by atoms with Crippen LogP contribution in [0, 0.1) is 0 Å². The maximum absolute atomic E-state index is 12.4. The highest BCUT2D eigenvalue weighted by atomic mass is 79.9. The number of rotatable bonds is 5. The molecular weight excluding hydrogens is 360 g/mol. The Morgan fingerprint density at radius 1 is 1.38 bits per heavy atom. The minimum Gasteiger partial charge on any atom is -0.478 e. The van der Waals surface area contributed by atoms with Gasteiger partial charge in [-0.3, -0.25) is 4.68 Å². The van der Waals surface area contributed by atoms with Crippen molar-refractivity contribution in [2.75, 3.05) is 5.75 Å². The van der Waals surface area contributed by atoms with Gasteiger partial charge in [-0.15, -0.1) is 0 Å². The van der Waals surface area contributed by atoms with Gasteiger partial charge in [0.15, 0.2) is 9.84 Å². The summed E-state index contributed by atoms with van der Waals surface area (Å²) in [5.41, 5.74) is 0.737. The van der Waals surface area contributed by atoms with E-state index in [1.165, 1.54) is 18.2 Å². The van der Waals surface area contributed by atoms with Crippen LogP contribution in [0.25, 0.3) is 0 Å². The zero-order chi connectivity index (χ0) is 15.6. The van der Waals surface area contributed by atoms with Gasteiger partial charge in [-0.1, -0.05) is 0 Å². The summed E-state index contributed by atoms with van der Waals surface area (Å²) in [6, 6.07) is 5.70. The Morgan fingerprint density at radius 3 is 2.67 bits per heavy atom. The normalized spacial score (nSPS) is 11.5. The van der Waals surface area contributed by atoms with Gasteiger partial charge >= 0.3 is 5.97 Å². The van der Waals surface area contributed by atoms with Gasteiger partial charge in [0, 0.05) is 29.8 Å². The summed E-state index contributed by atoms with van der Waals surface area (Å²) < 4.78 is 26.7. The highest BCUT2D eigenvalue weighted by Gasteiger charge is 2.20. The number of hydrogen-bond acceptors (Lipinski definition) is 4. The number of carboxylic acids is 1. The Balaban J connectivity index is 2.29. The van der Waals surface area contributed by atoms with Crippen LogP contribution in [0.2, 0.25) is 0 Å². The number of carbonyl (C=O) groups is 1. The van der Waals surface area contributed by atoms with E-state index < -0.39 is 15.8 Å². The van der Waals surface area contributed by atoms with Gasteiger partial charge in [-0.2, -0.15) is 5.10 Å². The molecule has 0 atom stereocenters. The quantitative estimate of drug-likeness (QED) is 0.865. The van der Waals surface area contributed by atoms with Crippen LogP contribution in [0.5, 0.6) is 0 Å². The van der Waals surface area contributed by atoms with Crippen molar-refractivity contribution < 1.29 is 18.3 Å². The number of aromatic nitrogens is 2. The molecular formula is C13H13BrN2O4S. The minimum absolute atomic E-state index is 0.00966. The predicted octanol–water partition coefficient (Wildman–Crippen LogP) is 1.90. The smallest absolute Gasteiger partial charge is 0.335 e. The van der Waals surface area contributed by atoms with E-state index in [9.17, 15) is 13.2 Å². The van der Waals surface area contributed by atoms with E-state index in [1.807, 2.05) is 0 Å². The molecule has 0 aliphatic carbocycles. The van der Waals surface area contributed by atoms with Crippen LogP contribution in [-0.4, -0.2) is 35.0 Å². The Labute approximate surface area is 130 Å². The lowest BCUT2D eigenvalue weighted by molar-refractivity contribution is 0.0696. The first kappa shape index (κ1) is 15.7. The fraction of sp³-hybridized carbons (Fsp3) is 0.231. The van der Waals surface area contributed by atoms with E-state index in [0.717, 1.165) is 5.69 Å². The molecule has 8 heteroatoms. The molecule has 6 nitrogen and oxygen atoms in total. The summed E-state index contributed by atoms with van der Waals surface area (Å²) in [4.78, 5) is 10.9. The van der Waals surface area contributed by atoms with Crippen molar-refractivity contribution in [3.05, 3.63) is 46.2 Å². The van der Waals surface area contributed by atoms with Gasteiger partial charge in [-0.25, -0.2) is 13.2 Å². The molecule has 0 aliphatic heterocycles. The second kappa shape index (κ2) is 5.98. The molecule has 0 saturated carbocycles. The monoisotopic (exact) mass is 372 g/mol. The van der Waals surface area contributed by atoms with Gasteiger partial charge in [-0.05, 0) is 40.2 Å². The van der Waals surface area contributed by atoms with E-state index in [2.05, 4.69) is 21.0 Å². The summed E-state index contributed by atoms with van der Waals surface area (Å²) in [5.74, 6) is -1.28. The molecule has 0 bridgehead atoms. The van der Waals surface area contributed by atoms with Crippen LogP contribution < -0.4 is 0 Å². The molecule has 0 saturated heterocycles. The van der Waals surface area contributed by atoms with Crippen molar-refractivity contribution >= 4 is 31.7 Å². The molecule has 2 aromatic rings. The maximum atomic E-state index is 12.4. The van der Waals surface area contributed by atoms with Crippen LogP contribution in [0.1, 0.15) is 16.1 Å². The third-order valence-corrected chi connectivity index (χ3v) is 5.77. The fourth-order valence-electron chi connectivity index (χ4n) is 1.87. The van der Waals surface area contributed by atoms with Crippen molar-refractivity contribution in [3.8, 4) is 0 Å². The van der Waals surface area contributed by atoms with E-state index in [1.54, 1.807) is 24.0 Å². The van der Waals surface area contributed by atoms with Crippen molar-refractivity contribution in [1.29, 1.82) is 0 Å². The molecule has 0 spiro atoms. The topological polar surface area (TPSA) is 89.3 Å². The second-order valence-corrected chi connectivity index (χ2v) is 7.40. The van der Waals surface area contributed by atoms with Gasteiger partial charge in [0.1, 0.15) is 0 Å². The number of aryl methyl sites for hydroxylation is 2. The largest absolute Gasteiger partial charge is 0.478 e. The lowest BCUT2D eigenvalue weighted by Gasteiger charge is -2.08. The van der Waals surface area contributed by atoms with Crippen LogP contribution in [0.4, 0.5) is 0 Å². The molecule has 0 radical (unpaired) electrons. The van der Waals surface area contributed by atoms with Crippen molar-refractivity contribution in [2.45, 2.75) is 11.3 Å². The standard InChI is InChI=1S/C13H13BrN2O4S/c1-16-10(4-6-15-16)5-7-21(19,20)12-8-9(13(17)18)2-3-11(12)14/h2-4,6,8H,5,7H2,1H3,(H,17,18). The molecule has 1 N–H and O–H groups in total. The zero-order valence-corrected chi connectivity index (χ0v) is 13.6. The molecule has 0 aliphatic rings. The molecule has 1 aromatic carbocycles. The van der Waals surface area contributed by atoms with Gasteiger partial charge < -0.3 is 5.11 Å². The average molecular weight is 373 g/mol. The minimum atomic E-state index is -3.59. The number of hydrogen-bond donors (Lipinski definition) is 1. The Hall–Kier alpha value is -1.67. The van der Waals surface area contributed by atoms with E-state index in [-0.39, 0.29) is 16.2 Å². The van der Waals surface area contributed by atoms with Gasteiger partial charge in [0.2, 0.25) is 0 Å². The van der Waals surface area contributed by atoms with Crippen LogP contribution in [-0.2, 0) is 23.3 Å². The first-order valence-corrected chi connectivity index (χ1v) is 8.48. The van der Waals surface area contributed by atoms with Crippen molar-refractivity contribution in [2.24, 2.45) is 7.05 Å². The SMILES string of the molecule is Cn1nccc1CCS(=O)(=O)c1cc(C(=O)O)ccc1Br. The summed E-state index contributed by atoms with van der Waals surface area (Å²) in [6.45, 7) is 0. The second-order valence-electron chi connectivity index (χ2n) is 4.47. The molecule has 1 aromatic heterocycles. The Bertz CT molecular complexity index is 783. The zero-order valence-electron chi connectivity index (χ0n) is 11.2. The van der Waals surface area contributed by atoms with Crippen molar-refractivity contribution in [3.63, 3.8) is 0 Å². The van der Waals surface area contributed by atoms with Gasteiger partial charge in [0.25, 0.3) is 0 Å². The molecule has 1 heterocycles. The number of benzene rings is 1. The molecule has 0 amide bonds. The number of sulfone groups is 1. The summed E-state index contributed by atoms with van der Waals surface area (Å²) in [7, 11) is -1.85. The molecule has 112 valence electrons. The lowest BCUT2D eigenvalue weighted by atomic mass is 10.2. The summed E-state index contributed by atoms with van der Waals surface area (Å²) in [5, 5.41) is 12.9. The first-order chi connectivity index (χ1) is 9.81. The number of halogens is 1. The number of nitrogens with zero attached hydrogens (tertiary/aromatic N) is 2. The van der Waals surface area contributed by atoms with E-state index >= 15 is 0 Å². The van der Waals surface area contributed by atoms with Crippen molar-refractivity contribution in [1.82, 2.24) is 9.78 Å². The summed E-state index contributed by atoms with van der Waals surface area (Å²) in [6.07, 6.45) is 1.91. The maximum Gasteiger partial charge on any atom is 0.335 e. The van der Waals surface area contributed by atoms with Gasteiger partial charge in [0.05, 0.1) is 16.2 Å². The Kier molecular flexibility index (Phi) is 4.48. The highest BCUT2D eigenvalue weighted by Crippen LogP contribution is 2.25. The average Bonchev–Trinajstić information content (AvgIpc) is 2.82. The molecule has 21 heavy (non-hydrogen) atoms. The number of aromatic carboxylic acids is 1. The number of carboxylic acid groups (broad SMARTS) is 1. The van der Waals surface area contributed by atoms with E-state index in [4.69, 9.17) is 5.11 Å². The van der Waals surface area contributed by atoms with Crippen LogP contribution in [0.15, 0.2) is 39.8 Å². The van der Waals surface area contributed by atoms with Crippen LogP contribution >= 0.6 is 15.9 Å². The fourth-order valence-corrected chi connectivity index (χ4v) is 4.23. The first-order valence-electron chi connectivity index (χ1n) is 6.04. The molecule has 0 fully saturated rings. The molecule has 2 rings (SSSR count). The summed E-state index contributed by atoms with van der Waals surface area (Å²) >= 11 is 3.16. The Morgan fingerprint density at radius 2 is 2.10 bits per heavy atom. The lowest BCUT2D eigenvalue weighted by Crippen LogP contribution is -2.13.